The second kappa shape index (κ2) is 8.69. The van der Waals surface area contributed by atoms with E-state index in [0.29, 0.717) is 30.8 Å². The smallest absolute Gasteiger partial charge is 0.254 e. The Labute approximate surface area is 160 Å². The van der Waals surface area contributed by atoms with Crippen LogP contribution in [0.15, 0.2) is 36.4 Å². The molecule has 2 N–H and O–H groups in total. The molecule has 1 atom stereocenters. The Morgan fingerprint density at radius 2 is 1.82 bits per heavy atom. The Bertz CT molecular complexity index is 889. The van der Waals surface area contributed by atoms with E-state index >= 15 is 0 Å². The molecule has 0 aliphatic carbocycles. The van der Waals surface area contributed by atoms with Crippen LogP contribution in [0.25, 0.3) is 0 Å². The third-order valence-electron chi connectivity index (χ3n) is 4.26. The second-order valence-corrected chi connectivity index (χ2v) is 6.32. The summed E-state index contributed by atoms with van der Waals surface area (Å²) in [5.74, 6) is -1.38. The van der Waals surface area contributed by atoms with E-state index in [0.717, 1.165) is 17.7 Å². The molecule has 2 aromatic carbocycles. The summed E-state index contributed by atoms with van der Waals surface area (Å²) in [4.78, 5) is 24.0. The van der Waals surface area contributed by atoms with Gasteiger partial charge in [-0.3, -0.25) is 9.59 Å². The highest BCUT2D eigenvalue weighted by molar-refractivity contribution is 5.94. The number of amides is 2. The van der Waals surface area contributed by atoms with Crippen LogP contribution in [0.2, 0.25) is 0 Å². The summed E-state index contributed by atoms with van der Waals surface area (Å²) in [5, 5.41) is 5.27. The molecule has 28 heavy (non-hydrogen) atoms. The molecule has 0 saturated heterocycles. The maximum absolute atomic E-state index is 13.6. The number of benzene rings is 2. The number of hydrogen-bond acceptors (Lipinski definition) is 4. The molecule has 8 heteroatoms. The Morgan fingerprint density at radius 1 is 1.07 bits per heavy atom. The minimum absolute atomic E-state index is 0.0173. The highest BCUT2D eigenvalue weighted by atomic mass is 19.1. The number of ether oxygens (including phenoxy) is 2. The Balaban J connectivity index is 1.48. The first-order valence-corrected chi connectivity index (χ1v) is 8.86. The summed E-state index contributed by atoms with van der Waals surface area (Å²) in [6.07, 6.45) is 0.0173. The van der Waals surface area contributed by atoms with E-state index in [2.05, 4.69) is 10.6 Å². The van der Waals surface area contributed by atoms with Crippen molar-refractivity contribution in [3.8, 4) is 11.5 Å². The van der Waals surface area contributed by atoms with Crippen molar-refractivity contribution in [2.45, 2.75) is 19.4 Å². The van der Waals surface area contributed by atoms with Gasteiger partial charge in [0.2, 0.25) is 5.91 Å². The van der Waals surface area contributed by atoms with Gasteiger partial charge in [0.25, 0.3) is 5.91 Å². The van der Waals surface area contributed by atoms with Crippen LogP contribution in [0.3, 0.4) is 0 Å². The molecule has 0 aromatic heterocycles. The molecule has 0 unspecified atom stereocenters. The molecule has 0 fully saturated rings. The summed E-state index contributed by atoms with van der Waals surface area (Å²) in [6.45, 7) is 2.84. The molecule has 1 aliphatic heterocycles. The van der Waals surface area contributed by atoms with Gasteiger partial charge in [-0.15, -0.1) is 0 Å². The average Bonchev–Trinajstić information content (AvgIpc) is 2.67. The fourth-order valence-electron chi connectivity index (χ4n) is 2.78. The van der Waals surface area contributed by atoms with Crippen LogP contribution >= 0.6 is 0 Å². The number of nitrogens with one attached hydrogen (secondary N) is 2. The zero-order valence-corrected chi connectivity index (χ0v) is 15.3. The SMILES string of the molecule is C[C@H](NC(=O)CCNC(=O)c1ccc(F)cc1F)c1ccc2c(c1)OCCO2. The van der Waals surface area contributed by atoms with E-state index in [1.165, 1.54) is 0 Å². The van der Waals surface area contributed by atoms with Gasteiger partial charge in [-0.2, -0.15) is 0 Å². The lowest BCUT2D eigenvalue weighted by molar-refractivity contribution is -0.121. The largest absolute Gasteiger partial charge is 0.486 e. The van der Waals surface area contributed by atoms with Crippen molar-refractivity contribution < 1.29 is 27.8 Å². The van der Waals surface area contributed by atoms with Gasteiger partial charge in [0.1, 0.15) is 24.8 Å². The van der Waals surface area contributed by atoms with Gasteiger partial charge in [0.05, 0.1) is 11.6 Å². The lowest BCUT2D eigenvalue weighted by atomic mass is 10.1. The summed E-state index contributed by atoms with van der Waals surface area (Å²) in [7, 11) is 0. The summed E-state index contributed by atoms with van der Waals surface area (Å²) in [5.41, 5.74) is 0.585. The molecule has 3 rings (SSSR count). The highest BCUT2D eigenvalue weighted by Gasteiger charge is 2.16. The molecule has 148 valence electrons. The van der Waals surface area contributed by atoms with Crippen LogP contribution in [0.5, 0.6) is 11.5 Å². The van der Waals surface area contributed by atoms with Crippen molar-refractivity contribution in [1.82, 2.24) is 10.6 Å². The molecule has 0 radical (unpaired) electrons. The zero-order chi connectivity index (χ0) is 20.1. The van der Waals surface area contributed by atoms with Crippen LogP contribution in [0, 0.1) is 11.6 Å². The van der Waals surface area contributed by atoms with Gasteiger partial charge < -0.3 is 20.1 Å². The van der Waals surface area contributed by atoms with Gasteiger partial charge in [0, 0.05) is 19.0 Å². The van der Waals surface area contributed by atoms with E-state index in [4.69, 9.17) is 9.47 Å². The third-order valence-corrected chi connectivity index (χ3v) is 4.26. The number of rotatable bonds is 6. The third kappa shape index (κ3) is 4.76. The first-order valence-electron chi connectivity index (χ1n) is 8.86. The fraction of sp³-hybridized carbons (Fsp3) is 0.300. The predicted octanol–water partition coefficient (Wildman–Crippen LogP) is 2.73. The molecule has 2 aromatic rings. The number of carbonyl (C=O) groups is 2. The van der Waals surface area contributed by atoms with Crippen LogP contribution in [-0.2, 0) is 4.79 Å². The topological polar surface area (TPSA) is 76.7 Å². The lowest BCUT2D eigenvalue weighted by Gasteiger charge is -2.21. The van der Waals surface area contributed by atoms with Gasteiger partial charge in [0.15, 0.2) is 11.5 Å². The summed E-state index contributed by atoms with van der Waals surface area (Å²) >= 11 is 0. The molecular formula is C20H20F2N2O4. The Kier molecular flexibility index (Phi) is 6.08. The molecule has 6 nitrogen and oxygen atoms in total. The van der Waals surface area contributed by atoms with Gasteiger partial charge >= 0.3 is 0 Å². The quantitative estimate of drug-likeness (QED) is 0.795. The Morgan fingerprint density at radius 3 is 2.57 bits per heavy atom. The van der Waals surface area contributed by atoms with Crippen LogP contribution < -0.4 is 20.1 Å². The van der Waals surface area contributed by atoms with Crippen molar-refractivity contribution >= 4 is 11.8 Å². The molecule has 2 amide bonds. The van der Waals surface area contributed by atoms with Crippen molar-refractivity contribution in [2.24, 2.45) is 0 Å². The fourth-order valence-corrected chi connectivity index (χ4v) is 2.78. The first-order chi connectivity index (χ1) is 13.4. The van der Waals surface area contributed by atoms with E-state index < -0.39 is 17.5 Å². The highest BCUT2D eigenvalue weighted by Crippen LogP contribution is 2.32. The predicted molar refractivity (Wildman–Crippen MR) is 97.3 cm³/mol. The number of hydrogen-bond donors (Lipinski definition) is 2. The van der Waals surface area contributed by atoms with E-state index in [9.17, 15) is 18.4 Å². The average molecular weight is 390 g/mol. The lowest BCUT2D eigenvalue weighted by Crippen LogP contribution is -2.32. The molecule has 1 aliphatic rings. The van der Waals surface area contributed by atoms with E-state index in [1.807, 2.05) is 19.1 Å². The molecule has 1 heterocycles. The van der Waals surface area contributed by atoms with Crippen molar-refractivity contribution in [3.05, 3.63) is 59.2 Å². The number of carbonyl (C=O) groups excluding carboxylic acids is 2. The van der Waals surface area contributed by atoms with Gasteiger partial charge in [-0.05, 0) is 36.8 Å². The van der Waals surface area contributed by atoms with E-state index in [-0.39, 0.29) is 30.5 Å². The minimum Gasteiger partial charge on any atom is -0.486 e. The summed E-state index contributed by atoms with van der Waals surface area (Å²) < 4.78 is 37.4. The van der Waals surface area contributed by atoms with Crippen LogP contribution in [0.1, 0.15) is 35.3 Å². The number of halogens is 2. The second-order valence-electron chi connectivity index (χ2n) is 6.32. The van der Waals surface area contributed by atoms with Crippen LogP contribution in [0.4, 0.5) is 8.78 Å². The standard InChI is InChI=1S/C20H20F2N2O4/c1-12(13-2-5-17-18(10-13)28-9-8-27-17)24-19(25)6-7-23-20(26)15-4-3-14(21)11-16(15)22/h2-5,10-12H,6-9H2,1H3,(H,23,26)(H,24,25)/t12-/m0/s1. The maximum Gasteiger partial charge on any atom is 0.254 e. The van der Waals surface area contributed by atoms with Crippen LogP contribution in [-0.4, -0.2) is 31.6 Å². The molecule has 0 saturated carbocycles. The van der Waals surface area contributed by atoms with Crippen molar-refractivity contribution in [1.29, 1.82) is 0 Å². The molecule has 0 spiro atoms. The van der Waals surface area contributed by atoms with Gasteiger partial charge in [-0.1, -0.05) is 6.07 Å². The summed E-state index contributed by atoms with van der Waals surface area (Å²) in [6, 6.07) is 7.88. The van der Waals surface area contributed by atoms with Gasteiger partial charge in [-0.25, -0.2) is 8.78 Å². The van der Waals surface area contributed by atoms with E-state index in [1.54, 1.807) is 6.07 Å². The molecule has 0 bridgehead atoms. The number of fused-ring (bicyclic) bond motifs is 1. The Hall–Kier alpha value is -3.16. The molecular weight excluding hydrogens is 370 g/mol. The first kappa shape index (κ1) is 19.6. The maximum atomic E-state index is 13.6. The normalized spacial score (nSPS) is 13.5. The van der Waals surface area contributed by atoms with Crippen molar-refractivity contribution in [2.75, 3.05) is 19.8 Å². The zero-order valence-electron chi connectivity index (χ0n) is 15.3. The minimum atomic E-state index is -0.950. The van der Waals surface area contributed by atoms with Crippen molar-refractivity contribution in [3.63, 3.8) is 0 Å². The monoisotopic (exact) mass is 390 g/mol.